The van der Waals surface area contributed by atoms with Crippen molar-refractivity contribution in [1.29, 1.82) is 0 Å². The van der Waals surface area contributed by atoms with Crippen LogP contribution in [-0.4, -0.2) is 48.4 Å². The summed E-state index contributed by atoms with van der Waals surface area (Å²) in [6.45, 7) is 13.8. The quantitative estimate of drug-likeness (QED) is 0.831. The zero-order valence-corrected chi connectivity index (χ0v) is 18.1. The molecule has 1 amide bonds. The molecule has 2 fully saturated rings. The van der Waals surface area contributed by atoms with Crippen LogP contribution in [0.2, 0.25) is 0 Å². The summed E-state index contributed by atoms with van der Waals surface area (Å²) >= 11 is 0. The molecular weight excluding hydrogens is 352 g/mol. The Labute approximate surface area is 169 Å². The maximum Gasteiger partial charge on any atom is 0.242 e. The molecule has 5 heteroatoms. The predicted molar refractivity (Wildman–Crippen MR) is 111 cm³/mol. The fourth-order valence-corrected chi connectivity index (χ4v) is 4.84. The molecule has 0 bridgehead atoms. The second-order valence-electron chi connectivity index (χ2n) is 10.1. The van der Waals surface area contributed by atoms with Crippen LogP contribution in [0, 0.1) is 5.41 Å². The van der Waals surface area contributed by atoms with E-state index < -0.39 is 5.79 Å². The summed E-state index contributed by atoms with van der Waals surface area (Å²) in [5.74, 6) is -0.357. The van der Waals surface area contributed by atoms with Crippen molar-refractivity contribution in [2.75, 3.05) is 26.3 Å². The first-order valence-electron chi connectivity index (χ1n) is 10.5. The van der Waals surface area contributed by atoms with Gasteiger partial charge in [0, 0.05) is 31.5 Å². The van der Waals surface area contributed by atoms with Gasteiger partial charge in [-0.1, -0.05) is 51.1 Å². The minimum Gasteiger partial charge on any atom is -0.350 e. The molecule has 1 spiro atoms. The van der Waals surface area contributed by atoms with E-state index in [4.69, 9.17) is 9.47 Å². The third kappa shape index (κ3) is 5.34. The minimum atomic E-state index is -0.431. The molecule has 1 unspecified atom stereocenters. The molecule has 0 saturated carbocycles. The number of carbonyl (C=O) groups excluding carboxylic acids is 1. The predicted octanol–water partition coefficient (Wildman–Crippen LogP) is 3.90. The van der Waals surface area contributed by atoms with Crippen LogP contribution in [0.15, 0.2) is 30.3 Å². The Balaban J connectivity index is 1.75. The third-order valence-corrected chi connectivity index (χ3v) is 5.54. The van der Waals surface area contributed by atoms with Crippen molar-refractivity contribution >= 4 is 5.91 Å². The first-order chi connectivity index (χ1) is 13.1. The van der Waals surface area contributed by atoms with E-state index in [1.165, 1.54) is 0 Å². The van der Waals surface area contributed by atoms with E-state index in [1.807, 2.05) is 30.3 Å². The normalized spacial score (nSPS) is 21.6. The number of ether oxygens (including phenoxy) is 2. The summed E-state index contributed by atoms with van der Waals surface area (Å²) in [4.78, 5) is 15.7. The van der Waals surface area contributed by atoms with Crippen LogP contribution in [0.4, 0.5) is 0 Å². The van der Waals surface area contributed by atoms with Crippen LogP contribution >= 0.6 is 0 Å². The Morgan fingerprint density at radius 3 is 2.18 bits per heavy atom. The molecule has 3 rings (SSSR count). The Morgan fingerprint density at radius 1 is 1.07 bits per heavy atom. The van der Waals surface area contributed by atoms with E-state index in [2.05, 4.69) is 44.8 Å². The van der Waals surface area contributed by atoms with Crippen molar-refractivity contribution in [3.8, 4) is 0 Å². The summed E-state index contributed by atoms with van der Waals surface area (Å²) in [6.07, 6.45) is 2.52. The van der Waals surface area contributed by atoms with Gasteiger partial charge in [-0.05, 0) is 31.2 Å². The number of amides is 1. The molecule has 5 nitrogen and oxygen atoms in total. The number of nitrogens with zero attached hydrogens (tertiary/aromatic N) is 1. The lowest BCUT2D eigenvalue weighted by atomic mass is 9.81. The zero-order valence-electron chi connectivity index (χ0n) is 18.1. The van der Waals surface area contributed by atoms with Gasteiger partial charge in [-0.25, -0.2) is 0 Å². The number of carbonyl (C=O) groups is 1. The second kappa shape index (κ2) is 8.13. The molecule has 28 heavy (non-hydrogen) atoms. The zero-order chi connectivity index (χ0) is 20.4. The summed E-state index contributed by atoms with van der Waals surface area (Å²) in [7, 11) is 0. The maximum absolute atomic E-state index is 13.4. The van der Waals surface area contributed by atoms with Crippen molar-refractivity contribution in [2.24, 2.45) is 5.41 Å². The number of hydrogen-bond donors (Lipinski definition) is 1. The average molecular weight is 389 g/mol. The van der Waals surface area contributed by atoms with E-state index in [0.29, 0.717) is 13.2 Å². The fraction of sp³-hybridized carbons (Fsp3) is 0.696. The summed E-state index contributed by atoms with van der Waals surface area (Å²) in [5, 5.41) is 3.33. The van der Waals surface area contributed by atoms with Crippen LogP contribution in [0.1, 0.15) is 65.5 Å². The number of piperidine rings is 1. The summed E-state index contributed by atoms with van der Waals surface area (Å²) < 4.78 is 11.7. The number of hydrogen-bond acceptors (Lipinski definition) is 4. The Bertz CT molecular complexity index is 650. The Hall–Kier alpha value is -1.43. The van der Waals surface area contributed by atoms with Crippen molar-refractivity contribution < 1.29 is 14.3 Å². The van der Waals surface area contributed by atoms with E-state index in [-0.39, 0.29) is 22.9 Å². The molecule has 2 aliphatic heterocycles. The lowest BCUT2D eigenvalue weighted by molar-refractivity contribution is -0.189. The first-order valence-corrected chi connectivity index (χ1v) is 10.5. The van der Waals surface area contributed by atoms with Crippen LogP contribution < -0.4 is 5.32 Å². The first kappa shape index (κ1) is 21.3. The van der Waals surface area contributed by atoms with E-state index in [0.717, 1.165) is 37.9 Å². The van der Waals surface area contributed by atoms with Gasteiger partial charge in [0.2, 0.25) is 5.91 Å². The topological polar surface area (TPSA) is 50.8 Å². The van der Waals surface area contributed by atoms with Crippen molar-refractivity contribution in [3.05, 3.63) is 35.9 Å². The Morgan fingerprint density at radius 2 is 1.64 bits per heavy atom. The van der Waals surface area contributed by atoms with E-state index in [1.54, 1.807) is 0 Å². The summed E-state index contributed by atoms with van der Waals surface area (Å²) in [5.41, 5.74) is 0.917. The molecule has 0 radical (unpaired) electrons. The van der Waals surface area contributed by atoms with Gasteiger partial charge in [0.05, 0.1) is 13.2 Å². The van der Waals surface area contributed by atoms with Gasteiger partial charge in [0.25, 0.3) is 0 Å². The fourth-order valence-electron chi connectivity index (χ4n) is 4.84. The molecule has 1 aromatic rings. The summed E-state index contributed by atoms with van der Waals surface area (Å²) in [6, 6.07) is 9.81. The van der Waals surface area contributed by atoms with Gasteiger partial charge in [-0.15, -0.1) is 0 Å². The molecule has 156 valence electrons. The number of rotatable bonds is 5. The molecule has 2 saturated heterocycles. The van der Waals surface area contributed by atoms with Gasteiger partial charge in [0.1, 0.15) is 6.04 Å². The largest absolute Gasteiger partial charge is 0.350 e. The number of benzene rings is 1. The smallest absolute Gasteiger partial charge is 0.242 e. The van der Waals surface area contributed by atoms with Crippen LogP contribution in [-0.2, 0) is 14.3 Å². The highest BCUT2D eigenvalue weighted by Crippen LogP contribution is 2.35. The van der Waals surface area contributed by atoms with E-state index in [9.17, 15) is 4.79 Å². The van der Waals surface area contributed by atoms with Gasteiger partial charge in [-0.3, -0.25) is 9.69 Å². The molecule has 1 atom stereocenters. The second-order valence-corrected chi connectivity index (χ2v) is 10.1. The van der Waals surface area contributed by atoms with Gasteiger partial charge < -0.3 is 14.8 Å². The average Bonchev–Trinajstić information content (AvgIpc) is 3.03. The molecule has 1 N–H and O–H groups in total. The standard InChI is InChI=1S/C23H36N2O3/c1-21(2,3)17-22(4,5)24-20(26)19(18-9-7-6-8-10-18)25-13-11-23(12-14-25)27-15-16-28-23/h6-10,19H,11-17H2,1-5H3,(H,24,26). The van der Waals surface area contributed by atoms with Crippen LogP contribution in [0.25, 0.3) is 0 Å². The highest BCUT2D eigenvalue weighted by molar-refractivity contribution is 5.83. The monoisotopic (exact) mass is 388 g/mol. The lowest BCUT2D eigenvalue weighted by Crippen LogP contribution is -2.53. The van der Waals surface area contributed by atoms with Gasteiger partial charge in [-0.2, -0.15) is 0 Å². The lowest BCUT2D eigenvalue weighted by Gasteiger charge is -2.42. The molecular formula is C23H36N2O3. The van der Waals surface area contributed by atoms with Gasteiger partial charge >= 0.3 is 0 Å². The number of likely N-dealkylation sites (tertiary alicyclic amines) is 1. The minimum absolute atomic E-state index is 0.0738. The van der Waals surface area contributed by atoms with E-state index >= 15 is 0 Å². The van der Waals surface area contributed by atoms with Crippen LogP contribution in [0.5, 0.6) is 0 Å². The van der Waals surface area contributed by atoms with Gasteiger partial charge in [0.15, 0.2) is 5.79 Å². The third-order valence-electron chi connectivity index (χ3n) is 5.54. The molecule has 2 heterocycles. The molecule has 1 aromatic carbocycles. The van der Waals surface area contributed by atoms with Crippen molar-refractivity contribution in [1.82, 2.24) is 10.2 Å². The van der Waals surface area contributed by atoms with Crippen molar-refractivity contribution in [2.45, 2.75) is 71.2 Å². The van der Waals surface area contributed by atoms with Crippen LogP contribution in [0.3, 0.4) is 0 Å². The maximum atomic E-state index is 13.4. The van der Waals surface area contributed by atoms with Crippen molar-refractivity contribution in [3.63, 3.8) is 0 Å². The highest BCUT2D eigenvalue weighted by atomic mass is 16.7. The number of nitrogens with one attached hydrogen (secondary N) is 1. The molecule has 2 aliphatic rings. The SMILES string of the molecule is CC(C)(C)CC(C)(C)NC(=O)C(c1ccccc1)N1CCC2(CC1)OCCO2. The molecule has 0 aliphatic carbocycles. The molecule has 0 aromatic heterocycles. The Kier molecular flexibility index (Phi) is 6.18. The highest BCUT2D eigenvalue weighted by Gasteiger charge is 2.43.